The van der Waals surface area contributed by atoms with Crippen molar-refractivity contribution in [2.24, 2.45) is 11.8 Å². The summed E-state index contributed by atoms with van der Waals surface area (Å²) in [4.78, 5) is 11.6. The normalized spacial score (nSPS) is 14.3. The molecular formula is C13H17FO4. The molecule has 0 heterocycles. The van der Waals surface area contributed by atoms with Gasteiger partial charge in [0, 0.05) is 6.07 Å². The topological polar surface area (TPSA) is 66.8 Å². The van der Waals surface area contributed by atoms with Crippen molar-refractivity contribution in [3.05, 3.63) is 29.6 Å². The summed E-state index contributed by atoms with van der Waals surface area (Å²) in [6.45, 7) is 3.51. The number of carbonyl (C=O) groups is 1. The number of hydrogen-bond donors (Lipinski definition) is 2. The number of phenols is 1. The minimum Gasteiger partial charge on any atom is -0.508 e. The molecule has 5 heteroatoms. The average Bonchev–Trinajstić information content (AvgIpc) is 2.26. The Hall–Kier alpha value is -1.62. The minimum absolute atomic E-state index is 0.150. The fraction of sp³-hybridized carbons (Fsp3) is 0.462. The van der Waals surface area contributed by atoms with Gasteiger partial charge in [0.25, 0.3) is 0 Å². The molecule has 1 aromatic carbocycles. The summed E-state index contributed by atoms with van der Waals surface area (Å²) in [5.41, 5.74) is 0.150. The lowest BCUT2D eigenvalue weighted by Gasteiger charge is -2.24. The van der Waals surface area contributed by atoms with E-state index < -0.39 is 23.8 Å². The first kappa shape index (κ1) is 14.4. The lowest BCUT2D eigenvalue weighted by Crippen LogP contribution is -2.28. The number of carbonyl (C=O) groups excluding carboxylic acids is 1. The van der Waals surface area contributed by atoms with Gasteiger partial charge >= 0.3 is 5.97 Å². The summed E-state index contributed by atoms with van der Waals surface area (Å²) in [7, 11) is 1.23. The van der Waals surface area contributed by atoms with Crippen molar-refractivity contribution >= 4 is 5.97 Å². The zero-order valence-corrected chi connectivity index (χ0v) is 10.6. The lowest BCUT2D eigenvalue weighted by atomic mass is 9.86. The van der Waals surface area contributed by atoms with Crippen LogP contribution in [0.15, 0.2) is 18.2 Å². The third-order valence-corrected chi connectivity index (χ3v) is 2.78. The maximum atomic E-state index is 13.1. The first-order valence-corrected chi connectivity index (χ1v) is 5.62. The smallest absolute Gasteiger partial charge is 0.311 e. The molecular weight excluding hydrogens is 239 g/mol. The molecule has 2 atom stereocenters. The van der Waals surface area contributed by atoms with Gasteiger partial charge in [0.15, 0.2) is 0 Å². The molecule has 0 fully saturated rings. The minimum atomic E-state index is -1.22. The molecule has 0 amide bonds. The number of benzene rings is 1. The van der Waals surface area contributed by atoms with Gasteiger partial charge in [0.2, 0.25) is 0 Å². The Morgan fingerprint density at radius 1 is 1.33 bits per heavy atom. The number of ether oxygens (including phenoxy) is 1. The molecule has 0 aromatic heterocycles. The molecule has 0 spiro atoms. The number of halogens is 1. The van der Waals surface area contributed by atoms with E-state index in [0.717, 1.165) is 12.1 Å². The molecule has 0 aliphatic heterocycles. The van der Waals surface area contributed by atoms with Gasteiger partial charge in [0.05, 0.1) is 19.1 Å². The third-order valence-electron chi connectivity index (χ3n) is 2.78. The van der Waals surface area contributed by atoms with Crippen LogP contribution in [0.25, 0.3) is 0 Å². The zero-order valence-electron chi connectivity index (χ0n) is 10.6. The molecule has 0 aliphatic rings. The van der Waals surface area contributed by atoms with Gasteiger partial charge in [-0.1, -0.05) is 13.8 Å². The Morgan fingerprint density at radius 2 is 1.94 bits per heavy atom. The predicted octanol–water partition coefficient (Wildman–Crippen LogP) is 2.01. The number of hydrogen-bond acceptors (Lipinski definition) is 4. The molecule has 18 heavy (non-hydrogen) atoms. The monoisotopic (exact) mass is 256 g/mol. The molecule has 0 saturated carbocycles. The van der Waals surface area contributed by atoms with Crippen LogP contribution in [0.5, 0.6) is 5.75 Å². The Bertz CT molecular complexity index is 411. The van der Waals surface area contributed by atoms with Gasteiger partial charge in [-0.3, -0.25) is 4.79 Å². The SMILES string of the molecule is COC(=O)C(C(C)C)C(O)c1cc(O)cc(F)c1. The van der Waals surface area contributed by atoms with Crippen molar-refractivity contribution in [2.75, 3.05) is 7.11 Å². The van der Waals surface area contributed by atoms with Crippen molar-refractivity contribution < 1.29 is 24.1 Å². The summed E-state index contributed by atoms with van der Waals surface area (Å²) in [6, 6.07) is 3.24. The van der Waals surface area contributed by atoms with Crippen molar-refractivity contribution in [1.29, 1.82) is 0 Å². The average molecular weight is 256 g/mol. The molecule has 0 bridgehead atoms. The summed E-state index contributed by atoms with van der Waals surface area (Å²) in [6.07, 6.45) is -1.22. The summed E-state index contributed by atoms with van der Waals surface area (Å²) < 4.78 is 17.8. The largest absolute Gasteiger partial charge is 0.508 e. The molecule has 1 aromatic rings. The molecule has 2 unspecified atom stereocenters. The fourth-order valence-corrected chi connectivity index (χ4v) is 1.88. The van der Waals surface area contributed by atoms with E-state index in [1.165, 1.54) is 13.2 Å². The molecule has 0 aliphatic carbocycles. The number of aliphatic hydroxyl groups excluding tert-OH is 1. The van der Waals surface area contributed by atoms with Crippen molar-refractivity contribution in [3.8, 4) is 5.75 Å². The standard InChI is InChI=1S/C13H17FO4/c1-7(2)11(13(17)18-3)12(16)8-4-9(14)6-10(15)5-8/h4-7,11-12,15-16H,1-3H3. The first-order chi connectivity index (χ1) is 8.36. The molecule has 0 radical (unpaired) electrons. The van der Waals surface area contributed by atoms with Gasteiger partial charge in [-0.15, -0.1) is 0 Å². The Balaban J connectivity index is 3.09. The van der Waals surface area contributed by atoms with Crippen LogP contribution in [0.2, 0.25) is 0 Å². The molecule has 100 valence electrons. The Morgan fingerprint density at radius 3 is 2.39 bits per heavy atom. The van der Waals surface area contributed by atoms with E-state index in [1.807, 2.05) is 0 Å². The van der Waals surface area contributed by atoms with Crippen LogP contribution < -0.4 is 0 Å². The predicted molar refractivity (Wildman–Crippen MR) is 63.4 cm³/mol. The molecule has 2 N–H and O–H groups in total. The summed E-state index contributed by atoms with van der Waals surface area (Å²) in [5, 5.41) is 19.4. The highest BCUT2D eigenvalue weighted by atomic mass is 19.1. The first-order valence-electron chi connectivity index (χ1n) is 5.62. The summed E-state index contributed by atoms with van der Waals surface area (Å²) in [5.74, 6) is -2.52. The number of aromatic hydroxyl groups is 1. The van der Waals surface area contributed by atoms with E-state index in [9.17, 15) is 19.4 Å². The second-order valence-electron chi connectivity index (χ2n) is 4.48. The van der Waals surface area contributed by atoms with Gasteiger partial charge in [0.1, 0.15) is 11.6 Å². The Labute approximate surface area is 105 Å². The summed E-state index contributed by atoms with van der Waals surface area (Å²) >= 11 is 0. The highest BCUT2D eigenvalue weighted by molar-refractivity contribution is 5.73. The van der Waals surface area contributed by atoms with E-state index in [-0.39, 0.29) is 17.2 Å². The van der Waals surface area contributed by atoms with E-state index in [1.54, 1.807) is 13.8 Å². The van der Waals surface area contributed by atoms with Gasteiger partial charge in [-0.2, -0.15) is 0 Å². The van der Waals surface area contributed by atoms with Crippen LogP contribution in [-0.2, 0) is 9.53 Å². The van der Waals surface area contributed by atoms with Gasteiger partial charge < -0.3 is 14.9 Å². The number of rotatable bonds is 4. The van der Waals surface area contributed by atoms with Crippen LogP contribution in [0.3, 0.4) is 0 Å². The molecule has 4 nitrogen and oxygen atoms in total. The van der Waals surface area contributed by atoms with Crippen LogP contribution in [0, 0.1) is 17.7 Å². The highest BCUT2D eigenvalue weighted by Gasteiger charge is 2.32. The van der Waals surface area contributed by atoms with Gasteiger partial charge in [-0.25, -0.2) is 4.39 Å². The second-order valence-corrected chi connectivity index (χ2v) is 4.48. The van der Waals surface area contributed by atoms with E-state index in [4.69, 9.17) is 0 Å². The van der Waals surface area contributed by atoms with Crippen LogP contribution in [0.1, 0.15) is 25.5 Å². The van der Waals surface area contributed by atoms with Crippen LogP contribution >= 0.6 is 0 Å². The third kappa shape index (κ3) is 3.20. The molecule has 0 saturated heterocycles. The van der Waals surface area contributed by atoms with Crippen molar-refractivity contribution in [2.45, 2.75) is 20.0 Å². The lowest BCUT2D eigenvalue weighted by molar-refractivity contribution is -0.152. The van der Waals surface area contributed by atoms with E-state index in [2.05, 4.69) is 4.74 Å². The highest BCUT2D eigenvalue weighted by Crippen LogP contribution is 2.31. The van der Waals surface area contributed by atoms with Gasteiger partial charge in [-0.05, 0) is 23.6 Å². The Kier molecular flexibility index (Phi) is 4.67. The number of esters is 1. The van der Waals surface area contributed by atoms with Crippen molar-refractivity contribution in [3.63, 3.8) is 0 Å². The quantitative estimate of drug-likeness (QED) is 0.809. The maximum Gasteiger partial charge on any atom is 0.311 e. The number of aliphatic hydroxyl groups is 1. The zero-order chi connectivity index (χ0) is 13.9. The number of methoxy groups -OCH3 is 1. The maximum absolute atomic E-state index is 13.1. The van der Waals surface area contributed by atoms with Crippen LogP contribution in [-0.4, -0.2) is 23.3 Å². The second kappa shape index (κ2) is 5.82. The van der Waals surface area contributed by atoms with Crippen molar-refractivity contribution in [1.82, 2.24) is 0 Å². The number of phenolic OH excluding ortho intramolecular Hbond substituents is 1. The van der Waals surface area contributed by atoms with E-state index >= 15 is 0 Å². The van der Waals surface area contributed by atoms with Crippen LogP contribution in [0.4, 0.5) is 4.39 Å². The molecule has 1 rings (SSSR count). The van der Waals surface area contributed by atoms with E-state index in [0.29, 0.717) is 0 Å². The fourth-order valence-electron chi connectivity index (χ4n) is 1.88.